The van der Waals surface area contributed by atoms with E-state index in [-0.39, 0.29) is 11.7 Å². The number of hydrogen-bond acceptors (Lipinski definition) is 3. The van der Waals surface area contributed by atoms with E-state index in [2.05, 4.69) is 5.32 Å². The number of carbonyl (C=O) groups is 2. The van der Waals surface area contributed by atoms with Gasteiger partial charge in [0.25, 0.3) is 5.91 Å². The highest BCUT2D eigenvalue weighted by atomic mass is 32.2. The van der Waals surface area contributed by atoms with Crippen LogP contribution >= 0.6 is 11.8 Å². The van der Waals surface area contributed by atoms with Gasteiger partial charge in [-0.3, -0.25) is 9.59 Å². The highest BCUT2D eigenvalue weighted by Crippen LogP contribution is 2.22. The van der Waals surface area contributed by atoms with E-state index in [1.165, 1.54) is 11.8 Å². The Morgan fingerprint density at radius 3 is 2.61 bits per heavy atom. The third-order valence-electron chi connectivity index (χ3n) is 2.17. The second kappa shape index (κ2) is 7.06. The lowest BCUT2D eigenvalue weighted by molar-refractivity contribution is -0.115. The zero-order valence-corrected chi connectivity index (χ0v) is 11.4. The number of primary amides is 1. The summed E-state index contributed by atoms with van der Waals surface area (Å²) in [6, 6.07) is 7.21. The molecule has 0 atom stereocenters. The molecule has 18 heavy (non-hydrogen) atoms. The third-order valence-corrected chi connectivity index (χ3v) is 3.27. The van der Waals surface area contributed by atoms with Crippen molar-refractivity contribution in [3.05, 3.63) is 29.8 Å². The molecule has 98 valence electrons. The Bertz CT molecular complexity index is 433. The molecule has 0 unspecified atom stereocenters. The van der Waals surface area contributed by atoms with Crippen LogP contribution in [0.25, 0.3) is 0 Å². The van der Waals surface area contributed by atoms with Gasteiger partial charge in [0.2, 0.25) is 5.91 Å². The molecule has 0 spiro atoms. The molecule has 0 heterocycles. The maximum Gasteiger partial charge on any atom is 0.252 e. The first-order valence-corrected chi connectivity index (χ1v) is 6.77. The van der Waals surface area contributed by atoms with Crippen molar-refractivity contribution in [3.63, 3.8) is 0 Å². The predicted molar refractivity (Wildman–Crippen MR) is 73.5 cm³/mol. The first-order valence-electron chi connectivity index (χ1n) is 5.79. The largest absolute Gasteiger partial charge is 0.369 e. The zero-order valence-electron chi connectivity index (χ0n) is 10.6. The van der Waals surface area contributed by atoms with Crippen molar-refractivity contribution in [1.82, 2.24) is 5.32 Å². The second-order valence-corrected chi connectivity index (χ2v) is 5.37. The molecule has 0 fully saturated rings. The highest BCUT2D eigenvalue weighted by Gasteiger charge is 2.11. The molecule has 0 aliphatic carbocycles. The van der Waals surface area contributed by atoms with Crippen molar-refractivity contribution in [2.75, 3.05) is 12.3 Å². The van der Waals surface area contributed by atoms with Crippen molar-refractivity contribution < 1.29 is 9.59 Å². The van der Waals surface area contributed by atoms with Gasteiger partial charge in [0.15, 0.2) is 0 Å². The fourth-order valence-electron chi connectivity index (χ4n) is 1.32. The van der Waals surface area contributed by atoms with Crippen molar-refractivity contribution in [2.45, 2.75) is 18.7 Å². The van der Waals surface area contributed by atoms with Crippen molar-refractivity contribution in [2.24, 2.45) is 11.7 Å². The van der Waals surface area contributed by atoms with E-state index >= 15 is 0 Å². The molecule has 0 radical (unpaired) electrons. The molecule has 0 bridgehead atoms. The standard InChI is InChI=1S/C13H18N2O2S/c1-9(2)7-15-13(17)10-5-3-4-6-11(10)18-8-12(14)16/h3-6,9H,7-8H2,1-2H3,(H2,14,16)(H,15,17). The minimum absolute atomic E-state index is 0.115. The Morgan fingerprint density at radius 1 is 1.33 bits per heavy atom. The Hall–Kier alpha value is -1.49. The number of thioether (sulfide) groups is 1. The van der Waals surface area contributed by atoms with Gasteiger partial charge in [-0.1, -0.05) is 26.0 Å². The van der Waals surface area contributed by atoms with Gasteiger partial charge < -0.3 is 11.1 Å². The van der Waals surface area contributed by atoms with Crippen LogP contribution in [0, 0.1) is 5.92 Å². The summed E-state index contributed by atoms with van der Waals surface area (Å²) in [4.78, 5) is 23.5. The molecule has 2 amide bonds. The van der Waals surface area contributed by atoms with Gasteiger partial charge in [0.1, 0.15) is 0 Å². The molecule has 4 nitrogen and oxygen atoms in total. The van der Waals surface area contributed by atoms with Crippen LogP contribution in [0.3, 0.4) is 0 Å². The van der Waals surface area contributed by atoms with Crippen LogP contribution in [0.15, 0.2) is 29.2 Å². The molecule has 0 aromatic heterocycles. The topological polar surface area (TPSA) is 72.2 Å². The summed E-state index contributed by atoms with van der Waals surface area (Å²) in [6.45, 7) is 4.70. The van der Waals surface area contributed by atoms with Crippen molar-refractivity contribution >= 4 is 23.6 Å². The first kappa shape index (κ1) is 14.6. The zero-order chi connectivity index (χ0) is 13.5. The average molecular weight is 266 g/mol. The van der Waals surface area contributed by atoms with Gasteiger partial charge in [0, 0.05) is 11.4 Å². The lowest BCUT2D eigenvalue weighted by atomic mass is 10.2. The molecule has 1 rings (SSSR count). The van der Waals surface area contributed by atoms with E-state index in [0.29, 0.717) is 18.0 Å². The maximum absolute atomic E-state index is 12.0. The van der Waals surface area contributed by atoms with Crippen LogP contribution in [-0.4, -0.2) is 24.1 Å². The number of carbonyl (C=O) groups excluding carboxylic acids is 2. The van der Waals surface area contributed by atoms with Crippen LogP contribution in [0.4, 0.5) is 0 Å². The molecule has 0 saturated carbocycles. The van der Waals surface area contributed by atoms with E-state index in [4.69, 9.17) is 5.73 Å². The summed E-state index contributed by atoms with van der Waals surface area (Å²) in [6.07, 6.45) is 0. The minimum atomic E-state index is -0.391. The van der Waals surface area contributed by atoms with E-state index < -0.39 is 5.91 Å². The number of nitrogens with two attached hydrogens (primary N) is 1. The van der Waals surface area contributed by atoms with Gasteiger partial charge in [-0.15, -0.1) is 11.8 Å². The van der Waals surface area contributed by atoms with E-state index in [0.717, 1.165) is 4.90 Å². The average Bonchev–Trinajstić information content (AvgIpc) is 2.33. The van der Waals surface area contributed by atoms with Gasteiger partial charge >= 0.3 is 0 Å². The van der Waals surface area contributed by atoms with Crippen LogP contribution in [0.5, 0.6) is 0 Å². The van der Waals surface area contributed by atoms with E-state index in [1.54, 1.807) is 12.1 Å². The van der Waals surface area contributed by atoms with Crippen molar-refractivity contribution in [1.29, 1.82) is 0 Å². The van der Waals surface area contributed by atoms with Crippen LogP contribution in [-0.2, 0) is 4.79 Å². The smallest absolute Gasteiger partial charge is 0.252 e. The third kappa shape index (κ3) is 4.79. The van der Waals surface area contributed by atoms with Gasteiger partial charge in [-0.25, -0.2) is 0 Å². The summed E-state index contributed by atoms with van der Waals surface area (Å²) in [5.41, 5.74) is 5.69. The fourth-order valence-corrected chi connectivity index (χ4v) is 2.11. The van der Waals surface area contributed by atoms with E-state index in [9.17, 15) is 9.59 Å². The van der Waals surface area contributed by atoms with Crippen LogP contribution in [0.1, 0.15) is 24.2 Å². The first-order chi connectivity index (χ1) is 8.50. The monoisotopic (exact) mass is 266 g/mol. The molecule has 0 aliphatic rings. The molecule has 5 heteroatoms. The molecule has 1 aromatic carbocycles. The Kier molecular flexibility index (Phi) is 5.71. The predicted octanol–water partition coefficient (Wildman–Crippen LogP) is 1.65. The van der Waals surface area contributed by atoms with Gasteiger partial charge in [0.05, 0.1) is 11.3 Å². The normalized spacial score (nSPS) is 10.4. The van der Waals surface area contributed by atoms with E-state index in [1.807, 2.05) is 26.0 Å². The second-order valence-electron chi connectivity index (χ2n) is 4.36. The number of benzene rings is 1. The van der Waals surface area contributed by atoms with Crippen LogP contribution in [0.2, 0.25) is 0 Å². The summed E-state index contributed by atoms with van der Waals surface area (Å²) in [5, 5.41) is 2.86. The van der Waals surface area contributed by atoms with Gasteiger partial charge in [-0.2, -0.15) is 0 Å². The summed E-state index contributed by atoms with van der Waals surface area (Å²) in [7, 11) is 0. The molecule has 0 aliphatic heterocycles. The highest BCUT2D eigenvalue weighted by molar-refractivity contribution is 8.00. The lowest BCUT2D eigenvalue weighted by Crippen LogP contribution is -2.27. The van der Waals surface area contributed by atoms with Crippen LogP contribution < -0.4 is 11.1 Å². The number of hydrogen-bond donors (Lipinski definition) is 2. The quantitative estimate of drug-likeness (QED) is 0.769. The summed E-state index contributed by atoms with van der Waals surface area (Å²) < 4.78 is 0. The SMILES string of the molecule is CC(C)CNC(=O)c1ccccc1SCC(N)=O. The lowest BCUT2D eigenvalue weighted by Gasteiger charge is -2.10. The molecular weight excluding hydrogens is 248 g/mol. The van der Waals surface area contributed by atoms with Gasteiger partial charge in [-0.05, 0) is 18.1 Å². The Morgan fingerprint density at radius 2 is 2.00 bits per heavy atom. The number of nitrogens with one attached hydrogen (secondary N) is 1. The maximum atomic E-state index is 12.0. The molecular formula is C13H18N2O2S. The number of rotatable bonds is 6. The fraction of sp³-hybridized carbons (Fsp3) is 0.385. The molecule has 0 saturated heterocycles. The Balaban J connectivity index is 2.74. The molecule has 3 N–H and O–H groups in total. The summed E-state index contributed by atoms with van der Waals surface area (Å²) >= 11 is 1.28. The van der Waals surface area contributed by atoms with Crippen molar-refractivity contribution in [3.8, 4) is 0 Å². The minimum Gasteiger partial charge on any atom is -0.369 e. The Labute approximate surface area is 111 Å². The molecule has 1 aromatic rings. The summed E-state index contributed by atoms with van der Waals surface area (Å²) in [5.74, 6) is 0.0714. The number of amides is 2.